The second-order valence-electron chi connectivity index (χ2n) is 4.53. The molecule has 6 nitrogen and oxygen atoms in total. The van der Waals surface area contributed by atoms with Crippen LogP contribution in [0.4, 0.5) is 0 Å². The first-order valence-corrected chi connectivity index (χ1v) is 6.85. The van der Waals surface area contributed by atoms with Crippen molar-refractivity contribution in [1.29, 1.82) is 0 Å². The van der Waals surface area contributed by atoms with Crippen LogP contribution in [0.15, 0.2) is 55.1 Å². The Balaban J connectivity index is 2.04. The highest BCUT2D eigenvalue weighted by Crippen LogP contribution is 2.21. The summed E-state index contributed by atoms with van der Waals surface area (Å²) in [5.41, 5.74) is 2.81. The second-order valence-corrected chi connectivity index (χ2v) is 4.53. The third-order valence-electron chi connectivity index (χ3n) is 3.18. The van der Waals surface area contributed by atoms with Crippen molar-refractivity contribution in [3.8, 4) is 5.69 Å². The molecule has 2 heterocycles. The van der Waals surface area contributed by atoms with E-state index in [4.69, 9.17) is 0 Å². The number of nitrogens with one attached hydrogen (secondary N) is 1. The second kappa shape index (κ2) is 6.23. The Hall–Kier alpha value is -2.60. The minimum Gasteiger partial charge on any atom is -0.304 e. The van der Waals surface area contributed by atoms with Crippen molar-refractivity contribution in [2.24, 2.45) is 0 Å². The molecule has 1 aromatic carbocycles. The van der Waals surface area contributed by atoms with Gasteiger partial charge in [0.1, 0.15) is 6.33 Å². The fourth-order valence-electron chi connectivity index (χ4n) is 2.25. The zero-order valence-corrected chi connectivity index (χ0v) is 11.7. The molecule has 3 aromatic rings. The van der Waals surface area contributed by atoms with E-state index < -0.39 is 0 Å². The van der Waals surface area contributed by atoms with E-state index in [0.717, 1.165) is 23.6 Å². The van der Waals surface area contributed by atoms with E-state index >= 15 is 0 Å². The molecule has 0 saturated carbocycles. The molecule has 0 aliphatic heterocycles. The lowest BCUT2D eigenvalue weighted by atomic mass is 10.1. The maximum absolute atomic E-state index is 4.35. The monoisotopic (exact) mass is 280 g/mol. The van der Waals surface area contributed by atoms with Gasteiger partial charge in [-0.15, -0.1) is 5.10 Å². The van der Waals surface area contributed by atoms with Crippen molar-refractivity contribution in [3.63, 3.8) is 0 Å². The molecule has 0 aliphatic rings. The molecular weight excluding hydrogens is 264 g/mol. The van der Waals surface area contributed by atoms with Crippen LogP contribution < -0.4 is 5.32 Å². The number of hydrogen-bond donors (Lipinski definition) is 1. The molecule has 21 heavy (non-hydrogen) atoms. The van der Waals surface area contributed by atoms with Crippen LogP contribution in [0, 0.1) is 0 Å². The van der Waals surface area contributed by atoms with E-state index in [0.29, 0.717) is 0 Å². The first kappa shape index (κ1) is 13.4. The Morgan fingerprint density at radius 2 is 2.05 bits per heavy atom. The Labute approximate surface area is 122 Å². The van der Waals surface area contributed by atoms with Crippen molar-refractivity contribution >= 4 is 0 Å². The van der Waals surface area contributed by atoms with Gasteiger partial charge in [0.25, 0.3) is 0 Å². The van der Waals surface area contributed by atoms with Gasteiger partial charge in [0.05, 0.1) is 29.3 Å². The summed E-state index contributed by atoms with van der Waals surface area (Å²) in [5.74, 6) is 0. The highest BCUT2D eigenvalue weighted by Gasteiger charge is 2.20. The molecule has 106 valence electrons. The fraction of sp³-hybridized carbons (Fsp3) is 0.200. The van der Waals surface area contributed by atoms with Crippen LogP contribution in [0.1, 0.15) is 24.4 Å². The average Bonchev–Trinajstić information content (AvgIpc) is 3.03. The summed E-state index contributed by atoms with van der Waals surface area (Å²) in [4.78, 5) is 8.32. The van der Waals surface area contributed by atoms with E-state index in [9.17, 15) is 0 Å². The zero-order chi connectivity index (χ0) is 14.5. The number of hydrogen-bond acceptors (Lipinski definition) is 5. The minimum absolute atomic E-state index is 0.0757. The van der Waals surface area contributed by atoms with Crippen molar-refractivity contribution in [2.45, 2.75) is 13.0 Å². The third-order valence-corrected chi connectivity index (χ3v) is 3.18. The van der Waals surface area contributed by atoms with E-state index in [1.807, 2.05) is 41.1 Å². The first-order valence-electron chi connectivity index (χ1n) is 6.85. The lowest BCUT2D eigenvalue weighted by Crippen LogP contribution is -2.25. The molecule has 1 atom stereocenters. The summed E-state index contributed by atoms with van der Waals surface area (Å²) in [6, 6.07) is 11.8. The van der Waals surface area contributed by atoms with Gasteiger partial charge in [0, 0.05) is 6.20 Å². The predicted octanol–water partition coefficient (Wildman–Crippen LogP) is 1.76. The van der Waals surface area contributed by atoms with Gasteiger partial charge in [0.15, 0.2) is 0 Å². The molecule has 0 bridgehead atoms. The van der Waals surface area contributed by atoms with Crippen LogP contribution in [0.3, 0.4) is 0 Å². The highest BCUT2D eigenvalue weighted by molar-refractivity contribution is 5.33. The van der Waals surface area contributed by atoms with Gasteiger partial charge in [-0.3, -0.25) is 0 Å². The maximum atomic E-state index is 4.35. The van der Waals surface area contributed by atoms with E-state index in [1.54, 1.807) is 18.7 Å². The van der Waals surface area contributed by atoms with Gasteiger partial charge < -0.3 is 5.32 Å². The van der Waals surface area contributed by atoms with E-state index in [1.165, 1.54) is 0 Å². The number of aromatic nitrogens is 5. The molecule has 0 spiro atoms. The molecule has 1 unspecified atom stereocenters. The van der Waals surface area contributed by atoms with E-state index in [2.05, 4.69) is 32.5 Å². The largest absolute Gasteiger partial charge is 0.304 e. The predicted molar refractivity (Wildman–Crippen MR) is 78.9 cm³/mol. The summed E-state index contributed by atoms with van der Waals surface area (Å²) in [6.45, 7) is 2.87. The van der Waals surface area contributed by atoms with Crippen molar-refractivity contribution in [1.82, 2.24) is 30.3 Å². The molecule has 0 aliphatic carbocycles. The van der Waals surface area contributed by atoms with Gasteiger partial charge in [0.2, 0.25) is 0 Å². The quantitative estimate of drug-likeness (QED) is 0.771. The normalized spacial score (nSPS) is 12.2. The van der Waals surface area contributed by atoms with Crippen LogP contribution in [0.2, 0.25) is 0 Å². The van der Waals surface area contributed by atoms with E-state index in [-0.39, 0.29) is 6.04 Å². The first-order chi connectivity index (χ1) is 10.4. The van der Waals surface area contributed by atoms with Gasteiger partial charge in [-0.1, -0.05) is 30.3 Å². The number of rotatable bonds is 5. The third kappa shape index (κ3) is 2.80. The number of nitrogens with zero attached hydrogens (tertiary/aromatic N) is 5. The summed E-state index contributed by atoms with van der Waals surface area (Å²) in [5, 5.41) is 11.7. The Morgan fingerprint density at radius 1 is 1.19 bits per heavy atom. The van der Waals surface area contributed by atoms with Gasteiger partial charge in [-0.25, -0.2) is 14.6 Å². The van der Waals surface area contributed by atoms with Crippen LogP contribution in [0.5, 0.6) is 0 Å². The van der Waals surface area contributed by atoms with Crippen LogP contribution in [-0.4, -0.2) is 31.5 Å². The molecule has 0 fully saturated rings. The topological polar surface area (TPSA) is 68.5 Å². The smallest absolute Gasteiger partial charge is 0.115 e. The average molecular weight is 280 g/mol. The van der Waals surface area contributed by atoms with Crippen LogP contribution >= 0.6 is 0 Å². The summed E-state index contributed by atoms with van der Waals surface area (Å²) >= 11 is 0. The molecular formula is C15H16N6. The zero-order valence-electron chi connectivity index (χ0n) is 11.7. The van der Waals surface area contributed by atoms with Crippen molar-refractivity contribution in [3.05, 3.63) is 66.5 Å². The molecule has 6 heteroatoms. The lowest BCUT2D eigenvalue weighted by molar-refractivity contribution is 0.578. The maximum Gasteiger partial charge on any atom is 0.115 e. The van der Waals surface area contributed by atoms with Gasteiger partial charge in [-0.2, -0.15) is 0 Å². The molecule has 0 amide bonds. The van der Waals surface area contributed by atoms with Gasteiger partial charge >= 0.3 is 0 Å². The molecule has 0 radical (unpaired) electrons. The summed E-state index contributed by atoms with van der Waals surface area (Å²) < 4.78 is 1.83. The van der Waals surface area contributed by atoms with Crippen molar-refractivity contribution < 1.29 is 0 Å². The molecule has 2 aromatic heterocycles. The summed E-state index contributed by atoms with van der Waals surface area (Å²) in [6.07, 6.45) is 5.06. The summed E-state index contributed by atoms with van der Waals surface area (Å²) in [7, 11) is 0. The Bertz CT molecular complexity index is 680. The fourth-order valence-corrected chi connectivity index (χ4v) is 2.25. The molecule has 0 saturated heterocycles. The minimum atomic E-state index is -0.0757. The molecule has 1 N–H and O–H groups in total. The van der Waals surface area contributed by atoms with Crippen LogP contribution in [0.25, 0.3) is 5.69 Å². The highest BCUT2D eigenvalue weighted by atomic mass is 15.4. The van der Waals surface area contributed by atoms with Crippen molar-refractivity contribution in [2.75, 3.05) is 6.54 Å². The Morgan fingerprint density at radius 3 is 2.76 bits per heavy atom. The lowest BCUT2D eigenvalue weighted by Gasteiger charge is -2.18. The molecule has 3 rings (SSSR count). The van der Waals surface area contributed by atoms with Gasteiger partial charge in [-0.05, 0) is 24.7 Å². The Kier molecular flexibility index (Phi) is 3.97. The number of para-hydroxylation sites is 1. The SMILES string of the molecule is CCNC(c1ccncn1)c1cnnn1-c1ccccc1. The number of benzene rings is 1. The van der Waals surface area contributed by atoms with Crippen LogP contribution in [-0.2, 0) is 0 Å². The standard InChI is InChI=1S/C15H16N6/c1-2-17-15(13-8-9-16-11-18-13)14-10-19-20-21(14)12-6-4-3-5-7-12/h3-11,15,17H,2H2,1H3.